The highest BCUT2D eigenvalue weighted by Crippen LogP contribution is 2.34. The predicted molar refractivity (Wildman–Crippen MR) is 60.0 cm³/mol. The lowest BCUT2D eigenvalue weighted by molar-refractivity contribution is -0.112. The Morgan fingerprint density at radius 1 is 1.40 bits per heavy atom. The fourth-order valence-electron chi connectivity index (χ4n) is 2.00. The number of fused-ring (bicyclic) bond motifs is 1. The molecule has 78 valence electrons. The van der Waals surface area contributed by atoms with Crippen molar-refractivity contribution >= 4 is 11.4 Å². The first-order valence-corrected chi connectivity index (χ1v) is 5.09. The number of hydrogen-bond donors (Lipinski definition) is 0. The molecule has 0 amide bonds. The molecule has 0 unspecified atom stereocenters. The minimum atomic E-state index is 0.112. The Labute approximate surface area is 89.6 Å². The van der Waals surface area contributed by atoms with E-state index in [1.807, 2.05) is 12.1 Å². The van der Waals surface area contributed by atoms with Crippen molar-refractivity contribution in [2.24, 2.45) is 0 Å². The van der Waals surface area contributed by atoms with Crippen molar-refractivity contribution in [3.8, 4) is 5.75 Å². The van der Waals surface area contributed by atoms with Gasteiger partial charge in [-0.15, -0.1) is 0 Å². The monoisotopic (exact) mass is 202 g/mol. The largest absolute Gasteiger partial charge is 0.497 e. The van der Waals surface area contributed by atoms with E-state index in [4.69, 9.17) is 4.74 Å². The van der Waals surface area contributed by atoms with E-state index in [9.17, 15) is 4.79 Å². The number of hydrogen-bond acceptors (Lipinski definition) is 2. The van der Waals surface area contributed by atoms with Gasteiger partial charge in [0.1, 0.15) is 5.75 Å². The van der Waals surface area contributed by atoms with Gasteiger partial charge in [-0.1, -0.05) is 6.07 Å². The van der Waals surface area contributed by atoms with Crippen LogP contribution in [0.4, 0.5) is 0 Å². The molecule has 0 radical (unpaired) electrons. The molecule has 0 heterocycles. The van der Waals surface area contributed by atoms with Gasteiger partial charge in [0.05, 0.1) is 7.11 Å². The van der Waals surface area contributed by atoms with Crippen LogP contribution in [-0.2, 0) is 11.2 Å². The normalized spacial score (nSPS) is 16.5. The summed E-state index contributed by atoms with van der Waals surface area (Å²) in [5.74, 6) is 0.964. The maximum atomic E-state index is 11.1. The molecule has 0 spiro atoms. The topological polar surface area (TPSA) is 26.3 Å². The Morgan fingerprint density at radius 3 is 2.87 bits per heavy atom. The van der Waals surface area contributed by atoms with Gasteiger partial charge in [0, 0.05) is 0 Å². The summed E-state index contributed by atoms with van der Waals surface area (Å²) in [4.78, 5) is 11.1. The van der Waals surface area contributed by atoms with Crippen LogP contribution in [0, 0.1) is 0 Å². The van der Waals surface area contributed by atoms with E-state index in [1.54, 1.807) is 20.1 Å². The van der Waals surface area contributed by atoms with Crippen LogP contribution in [0.1, 0.15) is 24.5 Å². The molecule has 0 N–H and O–H groups in total. The molecule has 2 heteroatoms. The van der Waals surface area contributed by atoms with Crippen molar-refractivity contribution in [1.29, 1.82) is 0 Å². The zero-order valence-electron chi connectivity index (χ0n) is 9.04. The molecule has 0 saturated heterocycles. The minimum Gasteiger partial charge on any atom is -0.497 e. The number of carbonyl (C=O) groups is 1. The van der Waals surface area contributed by atoms with Crippen molar-refractivity contribution in [2.75, 3.05) is 7.11 Å². The highest BCUT2D eigenvalue weighted by molar-refractivity contribution is 5.96. The Hall–Kier alpha value is -1.57. The van der Waals surface area contributed by atoms with Gasteiger partial charge in [0.25, 0.3) is 0 Å². The second kappa shape index (κ2) is 3.89. The molecule has 1 aromatic rings. The Kier molecular flexibility index (Phi) is 2.58. The predicted octanol–water partition coefficient (Wildman–Crippen LogP) is 2.61. The number of ketones is 1. The Morgan fingerprint density at radius 2 is 2.20 bits per heavy atom. The van der Waals surface area contributed by atoms with Crippen LogP contribution in [0.5, 0.6) is 5.75 Å². The minimum absolute atomic E-state index is 0.112. The summed E-state index contributed by atoms with van der Waals surface area (Å²) in [6, 6.07) is 6.06. The quantitative estimate of drug-likeness (QED) is 0.689. The maximum Gasteiger partial charge on any atom is 0.152 e. The van der Waals surface area contributed by atoms with Gasteiger partial charge in [-0.3, -0.25) is 4.79 Å². The average Bonchev–Trinajstić information content (AvgIpc) is 2.60. The molecule has 1 aromatic carbocycles. The third-order valence-electron chi connectivity index (χ3n) is 2.70. The van der Waals surface area contributed by atoms with Crippen LogP contribution in [0.2, 0.25) is 0 Å². The smallest absolute Gasteiger partial charge is 0.152 e. The van der Waals surface area contributed by atoms with Crippen LogP contribution >= 0.6 is 0 Å². The van der Waals surface area contributed by atoms with Crippen LogP contribution in [0.15, 0.2) is 24.3 Å². The van der Waals surface area contributed by atoms with Crippen molar-refractivity contribution in [1.82, 2.24) is 0 Å². The molecule has 0 fully saturated rings. The van der Waals surface area contributed by atoms with Gasteiger partial charge in [-0.05, 0) is 54.7 Å². The first kappa shape index (κ1) is 9.97. The number of aryl methyl sites for hydroxylation is 1. The molecule has 0 atom stereocenters. The fourth-order valence-corrected chi connectivity index (χ4v) is 2.00. The highest BCUT2D eigenvalue weighted by Gasteiger charge is 2.16. The van der Waals surface area contributed by atoms with E-state index >= 15 is 0 Å². The summed E-state index contributed by atoms with van der Waals surface area (Å²) in [5, 5.41) is 0. The third kappa shape index (κ3) is 1.94. The zero-order valence-corrected chi connectivity index (χ0v) is 9.04. The zero-order chi connectivity index (χ0) is 10.8. The molecule has 2 nitrogen and oxygen atoms in total. The number of benzene rings is 1. The SMILES string of the molecule is COc1ccc2c(c1)/C(=C/C(C)=O)CC2. The first-order valence-electron chi connectivity index (χ1n) is 5.09. The van der Waals surface area contributed by atoms with E-state index < -0.39 is 0 Å². The molecule has 15 heavy (non-hydrogen) atoms. The average molecular weight is 202 g/mol. The van der Waals surface area contributed by atoms with Crippen molar-refractivity contribution in [2.45, 2.75) is 19.8 Å². The van der Waals surface area contributed by atoms with Crippen molar-refractivity contribution in [3.05, 3.63) is 35.4 Å². The number of methoxy groups -OCH3 is 1. The summed E-state index contributed by atoms with van der Waals surface area (Å²) in [6.45, 7) is 1.59. The van der Waals surface area contributed by atoms with Gasteiger partial charge >= 0.3 is 0 Å². The summed E-state index contributed by atoms with van der Waals surface area (Å²) in [5.41, 5.74) is 3.62. The third-order valence-corrected chi connectivity index (χ3v) is 2.70. The van der Waals surface area contributed by atoms with E-state index in [2.05, 4.69) is 6.07 Å². The second-order valence-corrected chi connectivity index (χ2v) is 3.80. The Balaban J connectivity index is 2.44. The lowest BCUT2D eigenvalue weighted by atomic mass is 10.1. The summed E-state index contributed by atoms with van der Waals surface area (Å²) in [7, 11) is 1.66. The van der Waals surface area contributed by atoms with Gasteiger partial charge < -0.3 is 4.74 Å². The highest BCUT2D eigenvalue weighted by atomic mass is 16.5. The molecule has 0 bridgehead atoms. The van der Waals surface area contributed by atoms with Gasteiger partial charge in [-0.25, -0.2) is 0 Å². The number of carbonyl (C=O) groups excluding carboxylic acids is 1. The van der Waals surface area contributed by atoms with E-state index in [1.165, 1.54) is 11.1 Å². The molecule has 1 aliphatic rings. The van der Waals surface area contributed by atoms with Gasteiger partial charge in [-0.2, -0.15) is 0 Å². The Bertz CT molecular complexity index is 430. The lowest BCUT2D eigenvalue weighted by Crippen LogP contribution is -1.88. The van der Waals surface area contributed by atoms with Gasteiger partial charge in [0.2, 0.25) is 0 Å². The fraction of sp³-hybridized carbons (Fsp3) is 0.308. The van der Waals surface area contributed by atoms with Crippen molar-refractivity contribution < 1.29 is 9.53 Å². The molecule has 2 rings (SSSR count). The molecule has 1 aliphatic carbocycles. The molecular weight excluding hydrogens is 188 g/mol. The molecule has 0 aliphatic heterocycles. The standard InChI is InChI=1S/C13H14O2/c1-9(14)7-11-4-3-10-5-6-12(15-2)8-13(10)11/h5-8H,3-4H2,1-2H3/b11-7+. The number of allylic oxidation sites excluding steroid dienone is 2. The summed E-state index contributed by atoms with van der Waals surface area (Å²) in [6.07, 6.45) is 3.71. The first-order chi connectivity index (χ1) is 7.20. The van der Waals surface area contributed by atoms with E-state index in [0.717, 1.165) is 24.2 Å². The number of rotatable bonds is 2. The van der Waals surface area contributed by atoms with Crippen LogP contribution in [-0.4, -0.2) is 12.9 Å². The maximum absolute atomic E-state index is 11.1. The van der Waals surface area contributed by atoms with Crippen LogP contribution in [0.3, 0.4) is 0 Å². The van der Waals surface area contributed by atoms with E-state index in [0.29, 0.717) is 0 Å². The van der Waals surface area contributed by atoms with Crippen molar-refractivity contribution in [3.63, 3.8) is 0 Å². The molecule has 0 saturated carbocycles. The number of ether oxygens (including phenoxy) is 1. The van der Waals surface area contributed by atoms with Crippen LogP contribution in [0.25, 0.3) is 5.57 Å². The molecule has 0 aromatic heterocycles. The summed E-state index contributed by atoms with van der Waals surface area (Å²) < 4.78 is 5.18. The van der Waals surface area contributed by atoms with Gasteiger partial charge in [0.15, 0.2) is 5.78 Å². The molecular formula is C13H14O2. The van der Waals surface area contributed by atoms with Crippen LogP contribution < -0.4 is 4.74 Å². The summed E-state index contributed by atoms with van der Waals surface area (Å²) >= 11 is 0. The van der Waals surface area contributed by atoms with E-state index in [-0.39, 0.29) is 5.78 Å². The lowest BCUT2D eigenvalue weighted by Gasteiger charge is -2.04. The second-order valence-electron chi connectivity index (χ2n) is 3.80.